The molecular formula is C18H27ClNO3P. The minimum Gasteiger partial charge on any atom is -0.304 e. The molecule has 4 nitrogen and oxygen atoms in total. The third-order valence-corrected chi connectivity index (χ3v) is 5.90. The Morgan fingerprint density at radius 1 is 1.21 bits per heavy atom. The highest BCUT2D eigenvalue weighted by Gasteiger charge is 2.37. The van der Waals surface area contributed by atoms with Gasteiger partial charge in [-0.2, -0.15) is 0 Å². The van der Waals surface area contributed by atoms with Crippen LogP contribution in [-0.2, 0) is 13.6 Å². The molecule has 0 amide bonds. The van der Waals surface area contributed by atoms with Crippen LogP contribution in [0.5, 0.6) is 0 Å². The number of aliphatic imine (C=N–C) groups is 1. The molecule has 6 heteroatoms. The predicted octanol–water partition coefficient (Wildman–Crippen LogP) is 6.09. The van der Waals surface area contributed by atoms with E-state index in [1.165, 1.54) is 0 Å². The minimum atomic E-state index is -3.41. The van der Waals surface area contributed by atoms with Crippen LogP contribution in [0.15, 0.2) is 41.9 Å². The van der Waals surface area contributed by atoms with Crippen LogP contribution < -0.4 is 0 Å². The fourth-order valence-corrected chi connectivity index (χ4v) is 4.47. The molecule has 0 radical (unpaired) electrons. The summed E-state index contributed by atoms with van der Waals surface area (Å²) in [6.07, 6.45) is 4.15. The average molecular weight is 372 g/mol. The summed E-state index contributed by atoms with van der Waals surface area (Å²) in [5.74, 6) is -0.600. The Bertz CT molecular complexity index is 588. The van der Waals surface area contributed by atoms with Gasteiger partial charge < -0.3 is 9.05 Å². The highest BCUT2D eigenvalue weighted by molar-refractivity contribution is 7.54. The van der Waals surface area contributed by atoms with Crippen molar-refractivity contribution in [1.82, 2.24) is 0 Å². The summed E-state index contributed by atoms with van der Waals surface area (Å²) in [7, 11) is -3.41. The number of hydrogen-bond acceptors (Lipinski definition) is 4. The van der Waals surface area contributed by atoms with Gasteiger partial charge in [0.15, 0.2) is 5.78 Å². The van der Waals surface area contributed by atoms with Crippen molar-refractivity contribution in [2.24, 2.45) is 4.99 Å². The zero-order chi connectivity index (χ0) is 18.2. The second-order valence-corrected chi connectivity index (χ2v) is 8.50. The van der Waals surface area contributed by atoms with E-state index in [9.17, 15) is 4.57 Å². The first kappa shape index (κ1) is 21.1. The highest BCUT2D eigenvalue weighted by atomic mass is 35.5. The summed E-state index contributed by atoms with van der Waals surface area (Å²) >= 11 is 6.16. The van der Waals surface area contributed by atoms with Gasteiger partial charge in [-0.05, 0) is 46.6 Å². The standard InChI is InChI=1S/C18H27ClNO3P/c1-6-7-12-18(20-13-16-10-8-9-11-17(16)19)24(21,22-14(2)3)23-15(4)5/h6,8-11,13-15,18H,1,7,12H2,2-5H3/b20-13+/t18-/m1/s1. The Balaban J connectivity index is 3.13. The van der Waals surface area contributed by atoms with Crippen molar-refractivity contribution in [2.45, 2.75) is 58.5 Å². The Kier molecular flexibility index (Phi) is 8.93. The maximum absolute atomic E-state index is 13.3. The number of halogens is 1. The monoisotopic (exact) mass is 371 g/mol. The molecule has 0 aromatic heterocycles. The highest BCUT2D eigenvalue weighted by Crippen LogP contribution is 2.57. The predicted molar refractivity (Wildman–Crippen MR) is 102 cm³/mol. The molecule has 134 valence electrons. The van der Waals surface area contributed by atoms with Crippen molar-refractivity contribution >= 4 is 25.4 Å². The second kappa shape index (κ2) is 10.1. The molecule has 1 aromatic carbocycles. The van der Waals surface area contributed by atoms with E-state index >= 15 is 0 Å². The normalized spacial score (nSPS) is 13.8. The molecule has 1 atom stereocenters. The molecule has 0 aliphatic carbocycles. The zero-order valence-electron chi connectivity index (χ0n) is 14.8. The summed E-state index contributed by atoms with van der Waals surface area (Å²) in [5.41, 5.74) is 0.767. The lowest BCUT2D eigenvalue weighted by Crippen LogP contribution is -2.17. The SMILES string of the molecule is C=CCC[C@H](/N=C/c1ccccc1Cl)P(=O)(OC(C)C)OC(C)C. The summed E-state index contributed by atoms with van der Waals surface area (Å²) < 4.78 is 24.7. The van der Waals surface area contributed by atoms with Gasteiger partial charge in [-0.1, -0.05) is 35.9 Å². The van der Waals surface area contributed by atoms with Crippen LogP contribution >= 0.6 is 19.2 Å². The van der Waals surface area contributed by atoms with Gasteiger partial charge in [0.1, 0.15) is 0 Å². The maximum Gasteiger partial charge on any atom is 0.355 e. The lowest BCUT2D eigenvalue weighted by molar-refractivity contribution is 0.136. The zero-order valence-corrected chi connectivity index (χ0v) is 16.5. The van der Waals surface area contributed by atoms with E-state index in [-0.39, 0.29) is 12.2 Å². The van der Waals surface area contributed by atoms with E-state index in [1.54, 1.807) is 18.4 Å². The summed E-state index contributed by atoms with van der Waals surface area (Å²) in [5, 5.41) is 0.591. The molecule has 0 fully saturated rings. The second-order valence-electron chi connectivity index (χ2n) is 5.99. The Labute approximate surface area is 150 Å². The van der Waals surface area contributed by atoms with Gasteiger partial charge in [-0.15, -0.1) is 6.58 Å². The van der Waals surface area contributed by atoms with E-state index in [1.807, 2.05) is 45.9 Å². The smallest absolute Gasteiger partial charge is 0.304 e. The molecule has 1 rings (SSSR count). The van der Waals surface area contributed by atoms with Gasteiger partial charge in [0.25, 0.3) is 0 Å². The van der Waals surface area contributed by atoms with Gasteiger partial charge >= 0.3 is 7.60 Å². The van der Waals surface area contributed by atoms with Crippen LogP contribution in [0.1, 0.15) is 46.1 Å². The quantitative estimate of drug-likeness (QED) is 0.284. The van der Waals surface area contributed by atoms with E-state index in [0.717, 1.165) is 5.56 Å². The average Bonchev–Trinajstić information content (AvgIpc) is 2.47. The van der Waals surface area contributed by atoms with E-state index in [4.69, 9.17) is 20.6 Å². The molecule has 0 N–H and O–H groups in total. The lowest BCUT2D eigenvalue weighted by Gasteiger charge is -2.27. The molecular weight excluding hydrogens is 345 g/mol. The van der Waals surface area contributed by atoms with Crippen LogP contribution in [0.4, 0.5) is 0 Å². The van der Waals surface area contributed by atoms with Crippen LogP contribution in [-0.4, -0.2) is 24.2 Å². The van der Waals surface area contributed by atoms with Crippen LogP contribution in [0.25, 0.3) is 0 Å². The van der Waals surface area contributed by atoms with Crippen molar-refractivity contribution in [2.75, 3.05) is 0 Å². The third kappa shape index (κ3) is 6.90. The third-order valence-electron chi connectivity index (χ3n) is 3.00. The van der Waals surface area contributed by atoms with Gasteiger partial charge in [-0.25, -0.2) is 0 Å². The Morgan fingerprint density at radius 3 is 2.29 bits per heavy atom. The van der Waals surface area contributed by atoms with Crippen molar-refractivity contribution < 1.29 is 13.6 Å². The number of benzene rings is 1. The van der Waals surface area contributed by atoms with Crippen LogP contribution in [0.2, 0.25) is 5.02 Å². The molecule has 0 unspecified atom stereocenters. The van der Waals surface area contributed by atoms with E-state index < -0.39 is 13.4 Å². The number of rotatable bonds is 10. The summed E-state index contributed by atoms with van der Waals surface area (Å²) in [6, 6.07) is 7.37. The molecule has 0 spiro atoms. The van der Waals surface area contributed by atoms with Gasteiger partial charge in [0.05, 0.1) is 12.2 Å². The topological polar surface area (TPSA) is 47.9 Å². The molecule has 24 heavy (non-hydrogen) atoms. The number of nitrogens with zero attached hydrogens (tertiary/aromatic N) is 1. The minimum absolute atomic E-state index is 0.226. The first-order chi connectivity index (χ1) is 11.3. The molecule has 0 saturated carbocycles. The van der Waals surface area contributed by atoms with Crippen molar-refractivity contribution in [3.63, 3.8) is 0 Å². The number of allylic oxidation sites excluding steroid dienone is 1. The van der Waals surface area contributed by atoms with Crippen LogP contribution in [0.3, 0.4) is 0 Å². The van der Waals surface area contributed by atoms with Crippen LogP contribution in [0, 0.1) is 0 Å². The molecule has 0 aliphatic rings. The first-order valence-electron chi connectivity index (χ1n) is 8.13. The molecule has 1 aromatic rings. The fraction of sp³-hybridized carbons (Fsp3) is 0.500. The van der Waals surface area contributed by atoms with Crippen molar-refractivity contribution in [1.29, 1.82) is 0 Å². The lowest BCUT2D eigenvalue weighted by atomic mass is 10.2. The van der Waals surface area contributed by atoms with Gasteiger partial charge in [-0.3, -0.25) is 9.56 Å². The van der Waals surface area contributed by atoms with Crippen molar-refractivity contribution in [3.8, 4) is 0 Å². The largest absolute Gasteiger partial charge is 0.355 e. The van der Waals surface area contributed by atoms with Gasteiger partial charge in [0.2, 0.25) is 0 Å². The fourth-order valence-electron chi connectivity index (χ4n) is 2.08. The van der Waals surface area contributed by atoms with Gasteiger partial charge in [0, 0.05) is 16.8 Å². The molecule has 0 heterocycles. The molecule has 0 saturated heterocycles. The Hall–Kier alpha value is -0.930. The summed E-state index contributed by atoms with van der Waals surface area (Å²) in [4.78, 5) is 4.50. The van der Waals surface area contributed by atoms with Crippen molar-refractivity contribution in [3.05, 3.63) is 47.5 Å². The van der Waals surface area contributed by atoms with E-state index in [0.29, 0.717) is 17.9 Å². The van der Waals surface area contributed by atoms with E-state index in [2.05, 4.69) is 11.6 Å². The molecule has 0 bridgehead atoms. The maximum atomic E-state index is 13.3. The Morgan fingerprint density at radius 2 is 1.79 bits per heavy atom. The first-order valence-corrected chi connectivity index (χ1v) is 10.1. The number of hydrogen-bond donors (Lipinski definition) is 0. The molecule has 0 aliphatic heterocycles. The summed E-state index contributed by atoms with van der Waals surface area (Å²) in [6.45, 7) is 11.1.